The summed E-state index contributed by atoms with van der Waals surface area (Å²) in [6.45, 7) is 2.10. The van der Waals surface area contributed by atoms with E-state index in [-0.39, 0.29) is 10.6 Å². The largest absolute Gasteiger partial charge is 0.317 e. The summed E-state index contributed by atoms with van der Waals surface area (Å²) in [6, 6.07) is 25.6. The summed E-state index contributed by atoms with van der Waals surface area (Å²) in [6.07, 6.45) is 0.710. The normalized spacial score (nSPS) is 11.0. The van der Waals surface area contributed by atoms with Gasteiger partial charge in [0.25, 0.3) is 5.69 Å². The Hall–Kier alpha value is -3.40. The average molecular weight is 342 g/mol. The van der Waals surface area contributed by atoms with Gasteiger partial charge in [0, 0.05) is 41.0 Å². The Kier molecular flexibility index (Phi) is 4.01. The molecule has 0 bridgehead atoms. The van der Waals surface area contributed by atoms with Gasteiger partial charge in [0.05, 0.1) is 4.92 Å². The highest BCUT2D eigenvalue weighted by Gasteiger charge is 2.14. The molecule has 0 saturated carbocycles. The summed E-state index contributed by atoms with van der Waals surface area (Å²) in [5.41, 5.74) is 7.05. The molecule has 0 spiro atoms. The zero-order chi connectivity index (χ0) is 18.1. The van der Waals surface area contributed by atoms with E-state index in [1.54, 1.807) is 12.1 Å². The quantitative estimate of drug-likeness (QED) is 0.367. The van der Waals surface area contributed by atoms with Crippen LogP contribution in [-0.2, 0) is 6.42 Å². The number of fused-ring (bicyclic) bond motifs is 1. The lowest BCUT2D eigenvalue weighted by Gasteiger charge is -2.10. The van der Waals surface area contributed by atoms with E-state index in [4.69, 9.17) is 0 Å². The van der Waals surface area contributed by atoms with Crippen LogP contribution >= 0.6 is 0 Å². The lowest BCUT2D eigenvalue weighted by molar-refractivity contribution is -0.384. The van der Waals surface area contributed by atoms with Gasteiger partial charge in [-0.3, -0.25) is 10.1 Å². The molecule has 2 aromatic carbocycles. The number of benzene rings is 2. The fourth-order valence-corrected chi connectivity index (χ4v) is 3.44. The molecule has 4 heteroatoms. The third kappa shape index (κ3) is 2.86. The molecule has 0 aliphatic carbocycles. The van der Waals surface area contributed by atoms with E-state index >= 15 is 0 Å². The predicted molar refractivity (Wildman–Crippen MR) is 103 cm³/mol. The van der Waals surface area contributed by atoms with Crippen LogP contribution in [0.3, 0.4) is 0 Å². The van der Waals surface area contributed by atoms with E-state index in [0.29, 0.717) is 6.42 Å². The lowest BCUT2D eigenvalue weighted by Crippen LogP contribution is -2.00. The van der Waals surface area contributed by atoms with Gasteiger partial charge in [-0.15, -0.1) is 0 Å². The molecule has 2 heterocycles. The number of aromatic nitrogens is 1. The van der Waals surface area contributed by atoms with E-state index < -0.39 is 0 Å². The van der Waals surface area contributed by atoms with Crippen molar-refractivity contribution in [1.29, 1.82) is 0 Å². The van der Waals surface area contributed by atoms with E-state index in [1.165, 1.54) is 22.5 Å². The molecule has 0 amide bonds. The van der Waals surface area contributed by atoms with Gasteiger partial charge in [-0.05, 0) is 36.2 Å². The molecular formula is C22H18N2O2. The number of aryl methyl sites for hydroxylation is 1. The van der Waals surface area contributed by atoms with Gasteiger partial charge in [-0.25, -0.2) is 0 Å². The Labute approximate surface area is 151 Å². The number of nitrogens with zero attached hydrogens (tertiary/aromatic N) is 2. The zero-order valence-corrected chi connectivity index (χ0v) is 14.4. The minimum atomic E-state index is -0.365. The van der Waals surface area contributed by atoms with Crippen LogP contribution in [0.15, 0.2) is 78.9 Å². The van der Waals surface area contributed by atoms with Crippen molar-refractivity contribution in [2.45, 2.75) is 13.3 Å². The molecule has 0 radical (unpaired) electrons. The van der Waals surface area contributed by atoms with Gasteiger partial charge in [0.2, 0.25) is 0 Å². The van der Waals surface area contributed by atoms with Gasteiger partial charge in [0.15, 0.2) is 0 Å². The monoisotopic (exact) mass is 342 g/mol. The number of pyridine rings is 1. The topological polar surface area (TPSA) is 47.5 Å². The molecule has 0 aliphatic rings. The summed E-state index contributed by atoms with van der Waals surface area (Å²) in [5.74, 6) is 0. The van der Waals surface area contributed by atoms with Crippen molar-refractivity contribution < 1.29 is 4.92 Å². The van der Waals surface area contributed by atoms with E-state index in [2.05, 4.69) is 47.7 Å². The second kappa shape index (κ2) is 6.48. The third-order valence-electron chi connectivity index (χ3n) is 4.69. The number of hydrogen-bond donors (Lipinski definition) is 0. The Morgan fingerprint density at radius 2 is 1.65 bits per heavy atom. The zero-order valence-electron chi connectivity index (χ0n) is 14.4. The molecule has 0 unspecified atom stereocenters. The van der Waals surface area contributed by atoms with Gasteiger partial charge in [-0.1, -0.05) is 48.5 Å². The maximum Gasteiger partial charge on any atom is 0.269 e. The molecule has 0 N–H and O–H groups in total. The van der Waals surface area contributed by atoms with Crippen LogP contribution in [-0.4, -0.2) is 9.32 Å². The standard InChI is InChI=1S/C22H18N2O2/c1-16-6-5-9-20-15-21(18-7-3-2-4-8-18)22(23(16)20)14-17-10-12-19(13-11-17)24(25)26/h2-13,15H,14H2,1H3. The summed E-state index contributed by atoms with van der Waals surface area (Å²) in [7, 11) is 0. The number of nitro benzene ring substituents is 1. The highest BCUT2D eigenvalue weighted by molar-refractivity contribution is 5.74. The molecule has 2 aromatic heterocycles. The predicted octanol–water partition coefficient (Wildman–Crippen LogP) is 5.41. The summed E-state index contributed by atoms with van der Waals surface area (Å²) in [4.78, 5) is 10.5. The molecule has 4 rings (SSSR count). The van der Waals surface area contributed by atoms with Crippen molar-refractivity contribution in [3.8, 4) is 11.1 Å². The van der Waals surface area contributed by atoms with E-state index in [9.17, 15) is 10.1 Å². The number of nitro groups is 1. The molecule has 4 nitrogen and oxygen atoms in total. The average Bonchev–Trinajstić information content (AvgIpc) is 3.03. The second-order valence-electron chi connectivity index (χ2n) is 6.40. The van der Waals surface area contributed by atoms with Crippen LogP contribution < -0.4 is 0 Å². The van der Waals surface area contributed by atoms with Gasteiger partial charge in [-0.2, -0.15) is 0 Å². The second-order valence-corrected chi connectivity index (χ2v) is 6.40. The van der Waals surface area contributed by atoms with Crippen LogP contribution in [0, 0.1) is 17.0 Å². The highest BCUT2D eigenvalue weighted by Crippen LogP contribution is 2.30. The van der Waals surface area contributed by atoms with Gasteiger partial charge >= 0.3 is 0 Å². The maximum absolute atomic E-state index is 10.9. The molecular weight excluding hydrogens is 324 g/mol. The first kappa shape index (κ1) is 16.1. The Morgan fingerprint density at radius 3 is 2.35 bits per heavy atom. The minimum Gasteiger partial charge on any atom is -0.317 e. The maximum atomic E-state index is 10.9. The van der Waals surface area contributed by atoms with E-state index in [1.807, 2.05) is 30.3 Å². The van der Waals surface area contributed by atoms with Crippen molar-refractivity contribution in [1.82, 2.24) is 4.40 Å². The third-order valence-corrected chi connectivity index (χ3v) is 4.69. The Balaban J connectivity index is 1.85. The van der Waals surface area contributed by atoms with Crippen LogP contribution in [0.2, 0.25) is 0 Å². The number of rotatable bonds is 4. The molecule has 128 valence electrons. The lowest BCUT2D eigenvalue weighted by atomic mass is 10.0. The van der Waals surface area contributed by atoms with Crippen molar-refractivity contribution >= 4 is 11.2 Å². The fraction of sp³-hybridized carbons (Fsp3) is 0.0909. The molecule has 0 aliphatic heterocycles. The fourth-order valence-electron chi connectivity index (χ4n) is 3.44. The molecule has 0 fully saturated rings. The van der Waals surface area contributed by atoms with Gasteiger partial charge in [0.1, 0.15) is 0 Å². The van der Waals surface area contributed by atoms with E-state index in [0.717, 1.165) is 11.1 Å². The van der Waals surface area contributed by atoms with Crippen molar-refractivity contribution in [2.24, 2.45) is 0 Å². The minimum absolute atomic E-state index is 0.119. The van der Waals surface area contributed by atoms with Crippen LogP contribution in [0.4, 0.5) is 5.69 Å². The van der Waals surface area contributed by atoms with Crippen LogP contribution in [0.5, 0.6) is 0 Å². The van der Waals surface area contributed by atoms with Crippen LogP contribution in [0.1, 0.15) is 17.0 Å². The smallest absolute Gasteiger partial charge is 0.269 e. The SMILES string of the molecule is Cc1cccc2cc(-c3ccccc3)c(Cc3ccc([N+](=O)[O-])cc3)n12. The molecule has 26 heavy (non-hydrogen) atoms. The van der Waals surface area contributed by atoms with Crippen molar-refractivity contribution in [3.63, 3.8) is 0 Å². The van der Waals surface area contributed by atoms with Crippen molar-refractivity contribution in [2.75, 3.05) is 0 Å². The first-order valence-electron chi connectivity index (χ1n) is 8.52. The van der Waals surface area contributed by atoms with Crippen LogP contribution in [0.25, 0.3) is 16.6 Å². The number of hydrogen-bond acceptors (Lipinski definition) is 2. The Bertz CT molecular complexity index is 1080. The molecule has 4 aromatic rings. The summed E-state index contributed by atoms with van der Waals surface area (Å²) < 4.78 is 2.27. The summed E-state index contributed by atoms with van der Waals surface area (Å²) in [5, 5.41) is 10.9. The van der Waals surface area contributed by atoms with Crippen molar-refractivity contribution in [3.05, 3.63) is 106 Å². The molecule has 0 atom stereocenters. The molecule has 0 saturated heterocycles. The van der Waals surface area contributed by atoms with Gasteiger partial charge < -0.3 is 4.40 Å². The number of non-ortho nitro benzene ring substituents is 1. The first-order valence-corrected chi connectivity index (χ1v) is 8.52. The Morgan fingerprint density at radius 1 is 0.923 bits per heavy atom. The first-order chi connectivity index (χ1) is 12.6. The summed E-state index contributed by atoms with van der Waals surface area (Å²) >= 11 is 0. The highest BCUT2D eigenvalue weighted by atomic mass is 16.6.